The molecule has 3 aromatic carbocycles. The maximum Gasteiger partial charge on any atom is 0.260 e. The Balaban J connectivity index is 1.78. The molecule has 0 radical (unpaired) electrons. The molecule has 2 N–H and O–H groups in total. The van der Waals surface area contributed by atoms with Gasteiger partial charge in [0.25, 0.3) is 5.91 Å². The molecule has 0 bridgehead atoms. The van der Waals surface area contributed by atoms with Gasteiger partial charge >= 0.3 is 0 Å². The number of nitrogens with two attached hydrogens (primary N) is 1. The molecule has 0 aliphatic carbocycles. The van der Waals surface area contributed by atoms with Gasteiger partial charge in [-0.2, -0.15) is 0 Å². The number of anilines is 2. The van der Waals surface area contributed by atoms with E-state index in [0.717, 1.165) is 16.0 Å². The van der Waals surface area contributed by atoms with Crippen LogP contribution in [0.4, 0.5) is 11.4 Å². The molecule has 0 unspecified atom stereocenters. The normalized spacial score (nSPS) is 11.4. The zero-order valence-corrected chi connectivity index (χ0v) is 20.3. The van der Waals surface area contributed by atoms with Gasteiger partial charge in [-0.3, -0.25) is 4.79 Å². The molecular formula is C28H26N2OS2. The largest absolute Gasteiger partial charge is 0.397 e. The lowest BCUT2D eigenvalue weighted by Gasteiger charge is -2.25. The van der Waals surface area contributed by atoms with Crippen molar-refractivity contribution in [3.8, 4) is 0 Å². The highest BCUT2D eigenvalue weighted by Gasteiger charge is 2.24. The zero-order chi connectivity index (χ0) is 23.2. The lowest BCUT2D eigenvalue weighted by Crippen LogP contribution is -2.31. The summed E-state index contributed by atoms with van der Waals surface area (Å²) < 4.78 is 0. The molecule has 1 amide bonds. The molecule has 166 valence electrons. The van der Waals surface area contributed by atoms with Gasteiger partial charge in [0.1, 0.15) is 0 Å². The lowest BCUT2D eigenvalue weighted by atomic mass is 10.1. The Morgan fingerprint density at radius 3 is 2.33 bits per heavy atom. The second kappa shape index (κ2) is 10.6. The summed E-state index contributed by atoms with van der Waals surface area (Å²) in [6, 6.07) is 28.0. The second-order valence-electron chi connectivity index (χ2n) is 7.74. The van der Waals surface area contributed by atoms with Crippen molar-refractivity contribution in [3.63, 3.8) is 0 Å². The van der Waals surface area contributed by atoms with E-state index in [1.165, 1.54) is 10.5 Å². The number of thiophene rings is 1. The quantitative estimate of drug-likeness (QED) is 0.177. The first kappa shape index (κ1) is 22.9. The molecule has 0 aliphatic heterocycles. The first-order valence-electron chi connectivity index (χ1n) is 10.7. The third-order valence-corrected chi connectivity index (χ3v) is 7.02. The van der Waals surface area contributed by atoms with Gasteiger partial charge in [-0.15, -0.1) is 23.1 Å². The van der Waals surface area contributed by atoms with Gasteiger partial charge in [0.2, 0.25) is 0 Å². The third kappa shape index (κ3) is 5.56. The number of benzene rings is 3. The van der Waals surface area contributed by atoms with Gasteiger partial charge in [0.15, 0.2) is 0 Å². The predicted octanol–water partition coefficient (Wildman–Crippen LogP) is 7.13. The van der Waals surface area contributed by atoms with Crippen molar-refractivity contribution >= 4 is 52.0 Å². The van der Waals surface area contributed by atoms with Crippen molar-refractivity contribution in [1.82, 2.24) is 0 Å². The summed E-state index contributed by atoms with van der Waals surface area (Å²) in [6.45, 7) is 2.49. The van der Waals surface area contributed by atoms with Gasteiger partial charge in [-0.1, -0.05) is 60.2 Å². The number of carbonyl (C=O) groups excluding carboxylic acids is 1. The van der Waals surface area contributed by atoms with Crippen LogP contribution in [0.15, 0.2) is 95.2 Å². The number of carbonyl (C=O) groups is 1. The van der Waals surface area contributed by atoms with E-state index in [4.69, 9.17) is 5.73 Å². The van der Waals surface area contributed by atoms with Crippen LogP contribution in [0.5, 0.6) is 0 Å². The highest BCUT2D eigenvalue weighted by Crippen LogP contribution is 2.31. The van der Waals surface area contributed by atoms with Crippen LogP contribution >= 0.6 is 23.1 Å². The van der Waals surface area contributed by atoms with Crippen LogP contribution in [0, 0.1) is 6.92 Å². The van der Waals surface area contributed by atoms with E-state index in [0.29, 0.717) is 23.5 Å². The molecule has 3 nitrogen and oxygen atoms in total. The second-order valence-corrected chi connectivity index (χ2v) is 9.57. The Morgan fingerprint density at radius 2 is 1.70 bits per heavy atom. The molecule has 4 aromatic rings. The van der Waals surface area contributed by atoms with Crippen LogP contribution in [-0.2, 0) is 11.3 Å². The maximum atomic E-state index is 14.1. The lowest BCUT2D eigenvalue weighted by molar-refractivity contribution is -0.113. The van der Waals surface area contributed by atoms with Crippen molar-refractivity contribution in [1.29, 1.82) is 0 Å². The van der Waals surface area contributed by atoms with Crippen molar-refractivity contribution in [2.24, 2.45) is 0 Å². The fourth-order valence-electron chi connectivity index (χ4n) is 3.56. The Labute approximate surface area is 203 Å². The highest BCUT2D eigenvalue weighted by molar-refractivity contribution is 7.98. The van der Waals surface area contributed by atoms with E-state index < -0.39 is 0 Å². The molecule has 0 atom stereocenters. The topological polar surface area (TPSA) is 46.3 Å². The highest BCUT2D eigenvalue weighted by atomic mass is 32.2. The number of nitrogens with zero attached hydrogens (tertiary/aromatic N) is 1. The summed E-state index contributed by atoms with van der Waals surface area (Å²) >= 11 is 3.26. The van der Waals surface area contributed by atoms with Gasteiger partial charge in [-0.25, -0.2) is 0 Å². The fourth-order valence-corrected chi connectivity index (χ4v) is 4.70. The molecule has 1 heterocycles. The molecule has 0 aliphatic rings. The monoisotopic (exact) mass is 470 g/mol. The average Bonchev–Trinajstić information content (AvgIpc) is 3.37. The first-order valence-corrected chi connectivity index (χ1v) is 12.8. The number of thioether (sulfide) groups is 1. The van der Waals surface area contributed by atoms with Crippen molar-refractivity contribution < 1.29 is 4.79 Å². The Bertz CT molecular complexity index is 1240. The fraction of sp³-hybridized carbons (Fsp3) is 0.107. The Morgan fingerprint density at radius 1 is 0.970 bits per heavy atom. The van der Waals surface area contributed by atoms with Crippen molar-refractivity contribution in [2.45, 2.75) is 18.4 Å². The van der Waals surface area contributed by atoms with Crippen LogP contribution in [0.25, 0.3) is 11.6 Å². The summed E-state index contributed by atoms with van der Waals surface area (Å²) in [5, 5.41) is 1.99. The predicted molar refractivity (Wildman–Crippen MR) is 144 cm³/mol. The van der Waals surface area contributed by atoms with Crippen molar-refractivity contribution in [3.05, 3.63) is 112 Å². The molecule has 0 spiro atoms. The standard InChI is InChI=1S/C28H26N2OS2/c1-20-9-11-22(12-10-20)19-30(26-7-4-3-6-25(26)29)28(31)24(27-8-5-17-33-27)18-21-13-15-23(32-2)16-14-21/h3-18H,19,29H2,1-2H3. The zero-order valence-electron chi connectivity index (χ0n) is 18.7. The maximum absolute atomic E-state index is 14.1. The number of aryl methyl sites for hydroxylation is 1. The Kier molecular flexibility index (Phi) is 7.33. The average molecular weight is 471 g/mol. The number of amides is 1. The minimum atomic E-state index is -0.0788. The number of nitrogen functional groups attached to an aromatic ring is 1. The van der Waals surface area contributed by atoms with Gasteiger partial charge in [0, 0.05) is 9.77 Å². The summed E-state index contributed by atoms with van der Waals surface area (Å²) in [5.41, 5.74) is 11.5. The van der Waals surface area contributed by atoms with Crippen LogP contribution in [0.1, 0.15) is 21.6 Å². The molecule has 5 heteroatoms. The summed E-state index contributed by atoms with van der Waals surface area (Å²) in [6.07, 6.45) is 4.03. The molecule has 4 rings (SSSR count). The first-order chi connectivity index (χ1) is 16.0. The van der Waals surface area contributed by atoms with Crippen LogP contribution in [0.2, 0.25) is 0 Å². The number of rotatable bonds is 7. The van der Waals surface area contributed by atoms with Gasteiger partial charge in [-0.05, 0) is 66.1 Å². The van der Waals surface area contributed by atoms with Crippen LogP contribution < -0.4 is 10.6 Å². The van der Waals surface area contributed by atoms with E-state index >= 15 is 0 Å². The molecule has 1 aromatic heterocycles. The number of hydrogen-bond donors (Lipinski definition) is 1. The number of hydrogen-bond acceptors (Lipinski definition) is 4. The molecular weight excluding hydrogens is 444 g/mol. The molecule has 33 heavy (non-hydrogen) atoms. The van der Waals surface area contributed by atoms with E-state index in [-0.39, 0.29) is 5.91 Å². The van der Waals surface area contributed by atoms with E-state index in [2.05, 4.69) is 49.6 Å². The van der Waals surface area contributed by atoms with E-state index in [1.807, 2.05) is 60.0 Å². The summed E-state index contributed by atoms with van der Waals surface area (Å²) in [4.78, 5) is 18.0. The number of para-hydroxylation sites is 2. The third-order valence-electron chi connectivity index (χ3n) is 5.38. The van der Waals surface area contributed by atoms with Crippen LogP contribution in [0.3, 0.4) is 0 Å². The summed E-state index contributed by atoms with van der Waals surface area (Å²) in [7, 11) is 0. The van der Waals surface area contributed by atoms with Crippen molar-refractivity contribution in [2.75, 3.05) is 16.9 Å². The van der Waals surface area contributed by atoms with Crippen LogP contribution in [-0.4, -0.2) is 12.2 Å². The van der Waals surface area contributed by atoms with E-state index in [9.17, 15) is 4.79 Å². The molecule has 0 saturated carbocycles. The smallest absolute Gasteiger partial charge is 0.260 e. The van der Waals surface area contributed by atoms with E-state index in [1.54, 1.807) is 28.0 Å². The van der Waals surface area contributed by atoms with Gasteiger partial charge in [0.05, 0.1) is 23.5 Å². The minimum Gasteiger partial charge on any atom is -0.397 e. The summed E-state index contributed by atoms with van der Waals surface area (Å²) in [5.74, 6) is -0.0788. The molecule has 0 fully saturated rings. The SMILES string of the molecule is CSc1ccc(C=C(C(=O)N(Cc2ccc(C)cc2)c2ccccc2N)c2cccs2)cc1. The minimum absolute atomic E-state index is 0.0788. The molecule has 0 saturated heterocycles. The van der Waals surface area contributed by atoms with Gasteiger partial charge < -0.3 is 10.6 Å². The Hall–Kier alpha value is -3.28.